The van der Waals surface area contributed by atoms with E-state index in [9.17, 15) is 9.59 Å². The van der Waals surface area contributed by atoms with E-state index in [0.717, 1.165) is 48.8 Å². The molecule has 0 atom stereocenters. The summed E-state index contributed by atoms with van der Waals surface area (Å²) in [5, 5.41) is 4.65. The van der Waals surface area contributed by atoms with Gasteiger partial charge in [0.25, 0.3) is 5.91 Å². The summed E-state index contributed by atoms with van der Waals surface area (Å²) in [5.74, 6) is -0.396. The Bertz CT molecular complexity index is 1260. The molecular formula is C23H22N4O3S. The quantitative estimate of drug-likeness (QED) is 0.487. The van der Waals surface area contributed by atoms with Crippen molar-refractivity contribution in [3.05, 3.63) is 70.6 Å². The summed E-state index contributed by atoms with van der Waals surface area (Å²) in [5.41, 5.74) is 0.959. The van der Waals surface area contributed by atoms with E-state index in [1.807, 2.05) is 30.3 Å². The van der Waals surface area contributed by atoms with Crippen LogP contribution in [0, 0.1) is 0 Å². The van der Waals surface area contributed by atoms with Gasteiger partial charge in [0.1, 0.15) is 11.1 Å². The highest BCUT2D eigenvalue weighted by atomic mass is 32.1. The minimum atomic E-state index is -0.611. The van der Waals surface area contributed by atoms with E-state index in [4.69, 9.17) is 9.40 Å². The van der Waals surface area contributed by atoms with Gasteiger partial charge < -0.3 is 14.6 Å². The molecule has 3 heterocycles. The van der Waals surface area contributed by atoms with Crippen LogP contribution in [0.3, 0.4) is 0 Å². The number of hydrogen-bond acceptors (Lipinski definition) is 7. The highest BCUT2D eigenvalue weighted by Gasteiger charge is 2.20. The molecule has 1 aliphatic heterocycles. The van der Waals surface area contributed by atoms with Crippen molar-refractivity contribution in [2.45, 2.75) is 0 Å². The Morgan fingerprint density at radius 3 is 2.68 bits per heavy atom. The zero-order chi connectivity index (χ0) is 21.2. The lowest BCUT2D eigenvalue weighted by Crippen LogP contribution is -2.48. The summed E-state index contributed by atoms with van der Waals surface area (Å²) in [6.45, 7) is 4.84. The van der Waals surface area contributed by atoms with E-state index in [1.54, 1.807) is 29.5 Å². The monoisotopic (exact) mass is 434 g/mol. The fraction of sp³-hybridized carbons (Fsp3) is 0.261. The third kappa shape index (κ3) is 4.17. The number of anilines is 1. The van der Waals surface area contributed by atoms with Crippen molar-refractivity contribution < 1.29 is 9.21 Å². The third-order valence-electron chi connectivity index (χ3n) is 5.53. The fourth-order valence-electron chi connectivity index (χ4n) is 3.80. The maximum absolute atomic E-state index is 12.5. The van der Waals surface area contributed by atoms with Gasteiger partial charge in [0, 0.05) is 44.7 Å². The average molecular weight is 435 g/mol. The van der Waals surface area contributed by atoms with Gasteiger partial charge in [-0.1, -0.05) is 41.7 Å². The first-order valence-electron chi connectivity index (χ1n) is 10.3. The molecule has 0 spiro atoms. The molecule has 5 rings (SSSR count). The first-order chi connectivity index (χ1) is 15.2. The summed E-state index contributed by atoms with van der Waals surface area (Å²) in [6.07, 6.45) is 0. The van der Waals surface area contributed by atoms with Gasteiger partial charge in [-0.15, -0.1) is 0 Å². The second-order valence-corrected chi connectivity index (χ2v) is 8.54. The van der Waals surface area contributed by atoms with Crippen LogP contribution in [0.4, 0.5) is 5.13 Å². The van der Waals surface area contributed by atoms with Crippen LogP contribution in [-0.4, -0.2) is 55.1 Å². The highest BCUT2D eigenvalue weighted by molar-refractivity contribution is 7.22. The van der Waals surface area contributed by atoms with Crippen LogP contribution < -0.4 is 15.8 Å². The number of thiazole rings is 1. The Balaban J connectivity index is 1.13. The summed E-state index contributed by atoms with van der Waals surface area (Å²) in [4.78, 5) is 34.0. The predicted molar refractivity (Wildman–Crippen MR) is 123 cm³/mol. The summed E-state index contributed by atoms with van der Waals surface area (Å²) < 4.78 is 6.46. The summed E-state index contributed by atoms with van der Waals surface area (Å²) in [7, 11) is 0. The number of benzene rings is 2. The van der Waals surface area contributed by atoms with Gasteiger partial charge in [-0.2, -0.15) is 0 Å². The minimum absolute atomic E-state index is 0.0411. The molecule has 1 N–H and O–H groups in total. The van der Waals surface area contributed by atoms with E-state index in [2.05, 4.69) is 21.2 Å². The molecule has 1 saturated heterocycles. The van der Waals surface area contributed by atoms with Gasteiger partial charge in [0.05, 0.1) is 10.2 Å². The zero-order valence-electron chi connectivity index (χ0n) is 16.9. The van der Waals surface area contributed by atoms with Crippen LogP contribution >= 0.6 is 11.3 Å². The van der Waals surface area contributed by atoms with E-state index in [-0.39, 0.29) is 5.56 Å². The van der Waals surface area contributed by atoms with Crippen LogP contribution in [0.5, 0.6) is 0 Å². The zero-order valence-corrected chi connectivity index (χ0v) is 17.7. The topological polar surface area (TPSA) is 78.7 Å². The first kappa shape index (κ1) is 19.7. The van der Waals surface area contributed by atoms with Gasteiger partial charge in [-0.25, -0.2) is 9.78 Å². The highest BCUT2D eigenvalue weighted by Crippen LogP contribution is 2.29. The Morgan fingerprint density at radius 2 is 1.84 bits per heavy atom. The molecule has 31 heavy (non-hydrogen) atoms. The lowest BCUT2D eigenvalue weighted by atomic mass is 10.2. The molecule has 7 nitrogen and oxygen atoms in total. The number of piperazine rings is 1. The molecular weight excluding hydrogens is 412 g/mol. The van der Waals surface area contributed by atoms with E-state index < -0.39 is 11.5 Å². The molecule has 0 radical (unpaired) electrons. The number of aromatic nitrogens is 1. The first-order valence-corrected chi connectivity index (χ1v) is 11.1. The lowest BCUT2D eigenvalue weighted by Gasteiger charge is -2.34. The predicted octanol–water partition coefficient (Wildman–Crippen LogP) is 2.95. The number of para-hydroxylation sites is 2. The van der Waals surface area contributed by atoms with Crippen molar-refractivity contribution >= 4 is 43.6 Å². The van der Waals surface area contributed by atoms with Crippen LogP contribution in [0.2, 0.25) is 0 Å². The largest absolute Gasteiger partial charge is 0.422 e. The van der Waals surface area contributed by atoms with Crippen molar-refractivity contribution in [3.63, 3.8) is 0 Å². The Labute approximate surface area is 182 Å². The Hall–Kier alpha value is -3.23. The Morgan fingerprint density at radius 1 is 1.06 bits per heavy atom. The number of nitrogens with zero attached hydrogens (tertiary/aromatic N) is 3. The smallest absolute Gasteiger partial charge is 0.349 e. The molecule has 2 aromatic heterocycles. The fourth-order valence-corrected chi connectivity index (χ4v) is 4.82. The lowest BCUT2D eigenvalue weighted by molar-refractivity contribution is 0.0944. The molecule has 1 fully saturated rings. The van der Waals surface area contributed by atoms with Crippen molar-refractivity contribution in [1.29, 1.82) is 0 Å². The Kier molecular flexibility index (Phi) is 5.40. The number of rotatable bonds is 5. The van der Waals surface area contributed by atoms with Crippen molar-refractivity contribution in [1.82, 2.24) is 15.2 Å². The second-order valence-electron chi connectivity index (χ2n) is 7.53. The minimum Gasteiger partial charge on any atom is -0.422 e. The molecule has 8 heteroatoms. The van der Waals surface area contributed by atoms with Crippen molar-refractivity contribution in [2.24, 2.45) is 0 Å². The van der Waals surface area contributed by atoms with Crippen LogP contribution in [0.25, 0.3) is 21.2 Å². The maximum atomic E-state index is 12.5. The molecule has 2 aromatic carbocycles. The molecule has 1 aliphatic rings. The number of carbonyl (C=O) groups excluding carboxylic acids is 1. The van der Waals surface area contributed by atoms with E-state index in [0.29, 0.717) is 12.1 Å². The van der Waals surface area contributed by atoms with Crippen molar-refractivity contribution in [2.75, 3.05) is 44.2 Å². The summed E-state index contributed by atoms with van der Waals surface area (Å²) >= 11 is 1.73. The van der Waals surface area contributed by atoms with Gasteiger partial charge >= 0.3 is 5.63 Å². The van der Waals surface area contributed by atoms with Crippen molar-refractivity contribution in [3.8, 4) is 0 Å². The number of carbonyl (C=O) groups is 1. The molecule has 4 aromatic rings. The van der Waals surface area contributed by atoms with Gasteiger partial charge in [0.15, 0.2) is 5.13 Å². The van der Waals surface area contributed by atoms with Gasteiger partial charge in [-0.3, -0.25) is 9.69 Å². The van der Waals surface area contributed by atoms with Crippen LogP contribution in [0.15, 0.2) is 63.8 Å². The molecule has 158 valence electrons. The van der Waals surface area contributed by atoms with Crippen LogP contribution in [-0.2, 0) is 0 Å². The molecule has 0 unspecified atom stereocenters. The average Bonchev–Trinajstić information content (AvgIpc) is 3.23. The summed E-state index contributed by atoms with van der Waals surface area (Å²) in [6, 6.07) is 17.0. The van der Waals surface area contributed by atoms with E-state index >= 15 is 0 Å². The standard InChI is InChI=1S/C23H22N4O3S/c28-21(17-15-16-5-1-3-7-19(16)30-22(17)29)24-9-10-26-11-13-27(14-12-26)23-25-18-6-2-4-8-20(18)31-23/h1-8,15H,9-14H2,(H,24,28). The third-order valence-corrected chi connectivity index (χ3v) is 6.62. The SMILES string of the molecule is O=C(NCCN1CCN(c2nc3ccccc3s2)CC1)c1cc2ccccc2oc1=O. The maximum Gasteiger partial charge on any atom is 0.349 e. The number of fused-ring (bicyclic) bond motifs is 2. The normalized spacial score (nSPS) is 14.9. The number of amides is 1. The second kappa shape index (κ2) is 8.49. The number of nitrogens with one attached hydrogen (secondary N) is 1. The molecule has 0 bridgehead atoms. The van der Waals surface area contributed by atoms with Gasteiger partial charge in [0.2, 0.25) is 0 Å². The molecule has 0 saturated carbocycles. The molecule has 0 aliphatic carbocycles. The molecule has 1 amide bonds. The van der Waals surface area contributed by atoms with Gasteiger partial charge in [-0.05, 0) is 24.3 Å². The van der Waals surface area contributed by atoms with Crippen LogP contribution in [0.1, 0.15) is 10.4 Å². The van der Waals surface area contributed by atoms with E-state index in [1.165, 1.54) is 4.70 Å². The number of hydrogen-bond donors (Lipinski definition) is 1.